The predicted octanol–water partition coefficient (Wildman–Crippen LogP) is 4.29. The fraction of sp³-hybridized carbons (Fsp3) is 0.192. The molecule has 0 bridgehead atoms. The fourth-order valence-electron chi connectivity index (χ4n) is 3.87. The third-order valence-electron chi connectivity index (χ3n) is 5.70. The second kappa shape index (κ2) is 10.7. The van der Waals surface area contributed by atoms with Crippen molar-refractivity contribution < 1.29 is 19.1 Å². The first-order valence-electron chi connectivity index (χ1n) is 10.8. The van der Waals surface area contributed by atoms with E-state index >= 15 is 0 Å². The van der Waals surface area contributed by atoms with Crippen molar-refractivity contribution in [1.29, 1.82) is 0 Å². The van der Waals surface area contributed by atoms with Crippen LogP contribution in [0.2, 0.25) is 0 Å². The number of hydrogen-bond donors (Lipinski definition) is 1. The summed E-state index contributed by atoms with van der Waals surface area (Å²) in [5, 5.41) is 2.95. The molecule has 0 radical (unpaired) electrons. The predicted molar refractivity (Wildman–Crippen MR) is 139 cm³/mol. The molecule has 7 nitrogen and oxygen atoms in total. The van der Waals surface area contributed by atoms with E-state index in [4.69, 9.17) is 4.74 Å². The van der Waals surface area contributed by atoms with Gasteiger partial charge in [0, 0.05) is 40.9 Å². The van der Waals surface area contributed by atoms with E-state index in [2.05, 4.69) is 32.8 Å². The third kappa shape index (κ3) is 5.39. The molecule has 3 aromatic rings. The summed E-state index contributed by atoms with van der Waals surface area (Å²) in [5.74, 6) is -0.735. The Bertz CT molecular complexity index is 1190. The average Bonchev–Trinajstić information content (AvgIpc) is 2.88. The van der Waals surface area contributed by atoms with Crippen LogP contribution in [0.4, 0.5) is 11.4 Å². The molecule has 1 aliphatic heterocycles. The highest BCUT2D eigenvalue weighted by atomic mass is 127. The number of esters is 1. The minimum Gasteiger partial charge on any atom is -0.465 e. The van der Waals surface area contributed by atoms with Crippen LogP contribution in [0.3, 0.4) is 0 Å². The van der Waals surface area contributed by atoms with E-state index in [1.165, 1.54) is 7.11 Å². The van der Waals surface area contributed by atoms with Gasteiger partial charge in [0.15, 0.2) is 0 Å². The van der Waals surface area contributed by atoms with Gasteiger partial charge in [-0.2, -0.15) is 0 Å². The molecule has 1 fully saturated rings. The Kier molecular flexibility index (Phi) is 7.46. The number of methoxy groups -OCH3 is 1. The van der Waals surface area contributed by atoms with Crippen LogP contribution in [0.5, 0.6) is 0 Å². The summed E-state index contributed by atoms with van der Waals surface area (Å²) < 4.78 is 5.88. The van der Waals surface area contributed by atoms with Gasteiger partial charge in [0.1, 0.15) is 0 Å². The van der Waals surface area contributed by atoms with Crippen molar-refractivity contribution in [3.63, 3.8) is 0 Å². The number of anilines is 2. The number of piperazine rings is 1. The molecule has 0 spiro atoms. The Morgan fingerprint density at radius 1 is 0.824 bits per heavy atom. The van der Waals surface area contributed by atoms with E-state index in [0.717, 1.165) is 9.26 Å². The van der Waals surface area contributed by atoms with Crippen LogP contribution in [-0.2, 0) is 4.74 Å². The van der Waals surface area contributed by atoms with E-state index in [1.807, 2.05) is 53.4 Å². The summed E-state index contributed by atoms with van der Waals surface area (Å²) in [6.07, 6.45) is 0. The molecule has 0 unspecified atom stereocenters. The Balaban J connectivity index is 1.54. The minimum atomic E-state index is -0.477. The average molecular weight is 569 g/mol. The van der Waals surface area contributed by atoms with Crippen molar-refractivity contribution in [1.82, 2.24) is 4.90 Å². The van der Waals surface area contributed by atoms with Gasteiger partial charge in [0.25, 0.3) is 11.8 Å². The van der Waals surface area contributed by atoms with E-state index in [-0.39, 0.29) is 11.8 Å². The summed E-state index contributed by atoms with van der Waals surface area (Å²) in [7, 11) is 1.32. The number of nitrogens with zero attached hydrogens (tertiary/aromatic N) is 2. The summed E-state index contributed by atoms with van der Waals surface area (Å²) in [6.45, 7) is 2.30. The molecule has 0 aliphatic carbocycles. The SMILES string of the molecule is COC(=O)c1ccc(N2CCN(C(=O)c3ccccc3)CC2)c(NC(=O)c2ccc(I)cc2)c1. The molecule has 34 heavy (non-hydrogen) atoms. The number of carbonyl (C=O) groups is 3. The Morgan fingerprint density at radius 2 is 1.47 bits per heavy atom. The van der Waals surface area contributed by atoms with Gasteiger partial charge in [-0.3, -0.25) is 9.59 Å². The highest BCUT2D eigenvalue weighted by molar-refractivity contribution is 14.1. The molecule has 8 heteroatoms. The number of rotatable bonds is 5. The molecule has 0 saturated carbocycles. The highest BCUT2D eigenvalue weighted by Gasteiger charge is 2.24. The van der Waals surface area contributed by atoms with Crippen LogP contribution in [-0.4, -0.2) is 56.0 Å². The Morgan fingerprint density at radius 3 is 2.12 bits per heavy atom. The second-order valence-corrected chi connectivity index (χ2v) is 9.08. The lowest BCUT2D eigenvalue weighted by Gasteiger charge is -2.37. The number of carbonyl (C=O) groups excluding carboxylic acids is 3. The van der Waals surface area contributed by atoms with Gasteiger partial charge in [0.2, 0.25) is 0 Å². The molecular formula is C26H24IN3O4. The number of benzene rings is 3. The molecule has 0 aromatic heterocycles. The summed E-state index contributed by atoms with van der Waals surface area (Å²) in [6, 6.07) is 21.6. The summed E-state index contributed by atoms with van der Waals surface area (Å²) >= 11 is 2.19. The zero-order valence-electron chi connectivity index (χ0n) is 18.7. The first-order chi connectivity index (χ1) is 16.5. The lowest BCUT2D eigenvalue weighted by Crippen LogP contribution is -2.49. The van der Waals surface area contributed by atoms with Crippen LogP contribution < -0.4 is 10.2 Å². The molecule has 1 heterocycles. The molecule has 1 aliphatic rings. The van der Waals surface area contributed by atoms with Crippen LogP contribution >= 0.6 is 22.6 Å². The van der Waals surface area contributed by atoms with E-state index in [9.17, 15) is 14.4 Å². The normalized spacial score (nSPS) is 13.4. The third-order valence-corrected chi connectivity index (χ3v) is 6.42. The smallest absolute Gasteiger partial charge is 0.337 e. The van der Waals surface area contributed by atoms with Gasteiger partial charge >= 0.3 is 5.97 Å². The quantitative estimate of drug-likeness (QED) is 0.367. The first kappa shape index (κ1) is 23.7. The number of ether oxygens (including phenoxy) is 1. The maximum Gasteiger partial charge on any atom is 0.337 e. The van der Waals surface area contributed by atoms with Crippen LogP contribution in [0.25, 0.3) is 0 Å². The van der Waals surface area contributed by atoms with Crippen molar-refractivity contribution >= 4 is 51.7 Å². The van der Waals surface area contributed by atoms with Gasteiger partial charge in [-0.25, -0.2) is 4.79 Å². The molecule has 3 aromatic carbocycles. The molecule has 1 N–H and O–H groups in total. The van der Waals surface area contributed by atoms with Crippen LogP contribution in [0, 0.1) is 3.57 Å². The topological polar surface area (TPSA) is 79.0 Å². The standard InChI is InChI=1S/C26H24IN3O4/c1-34-26(33)20-9-12-23(22(17-20)28-24(31)18-7-10-21(27)11-8-18)29-13-15-30(16-14-29)25(32)19-5-3-2-4-6-19/h2-12,17H,13-16H2,1H3,(H,28,31). The molecule has 0 atom stereocenters. The highest BCUT2D eigenvalue weighted by Crippen LogP contribution is 2.29. The van der Waals surface area contributed by atoms with Crippen molar-refractivity contribution in [2.45, 2.75) is 0 Å². The monoisotopic (exact) mass is 569 g/mol. The maximum atomic E-state index is 12.9. The van der Waals surface area contributed by atoms with E-state index < -0.39 is 5.97 Å². The van der Waals surface area contributed by atoms with Crippen molar-refractivity contribution in [2.75, 3.05) is 43.5 Å². The number of amides is 2. The lowest BCUT2D eigenvalue weighted by molar-refractivity contribution is 0.0600. The molecular weight excluding hydrogens is 545 g/mol. The molecule has 4 rings (SSSR count). The first-order valence-corrected chi connectivity index (χ1v) is 11.9. The van der Waals surface area contributed by atoms with Crippen molar-refractivity contribution in [2.24, 2.45) is 0 Å². The van der Waals surface area contributed by atoms with Gasteiger partial charge in [-0.15, -0.1) is 0 Å². The van der Waals surface area contributed by atoms with Gasteiger partial charge in [-0.1, -0.05) is 18.2 Å². The van der Waals surface area contributed by atoms with Gasteiger partial charge < -0.3 is 19.9 Å². The Labute approximate surface area is 211 Å². The summed E-state index contributed by atoms with van der Waals surface area (Å²) in [5.41, 5.74) is 2.85. The number of nitrogens with one attached hydrogen (secondary N) is 1. The van der Waals surface area contributed by atoms with Crippen LogP contribution in [0.15, 0.2) is 72.8 Å². The van der Waals surface area contributed by atoms with Crippen molar-refractivity contribution in [3.8, 4) is 0 Å². The zero-order chi connectivity index (χ0) is 24.1. The van der Waals surface area contributed by atoms with Crippen LogP contribution in [0.1, 0.15) is 31.1 Å². The lowest BCUT2D eigenvalue weighted by atomic mass is 10.1. The summed E-state index contributed by atoms with van der Waals surface area (Å²) in [4.78, 5) is 41.7. The largest absolute Gasteiger partial charge is 0.465 e. The Hall–Kier alpha value is -3.40. The molecule has 1 saturated heterocycles. The van der Waals surface area contributed by atoms with E-state index in [0.29, 0.717) is 48.6 Å². The van der Waals surface area contributed by atoms with E-state index in [1.54, 1.807) is 24.3 Å². The number of halogens is 1. The second-order valence-electron chi connectivity index (χ2n) is 7.83. The zero-order valence-corrected chi connectivity index (χ0v) is 20.8. The molecule has 2 amide bonds. The number of hydrogen-bond acceptors (Lipinski definition) is 5. The maximum absolute atomic E-state index is 12.9. The molecule has 174 valence electrons. The fourth-order valence-corrected chi connectivity index (χ4v) is 4.23. The van der Waals surface area contributed by atoms with Gasteiger partial charge in [0.05, 0.1) is 24.0 Å². The van der Waals surface area contributed by atoms with Gasteiger partial charge in [-0.05, 0) is 77.2 Å². The minimum absolute atomic E-state index is 0.00789. The van der Waals surface area contributed by atoms with Crippen molar-refractivity contribution in [3.05, 3.63) is 93.1 Å².